The lowest BCUT2D eigenvalue weighted by atomic mass is 10.1. The van der Waals surface area contributed by atoms with Gasteiger partial charge in [-0.25, -0.2) is 4.68 Å². The number of aryl methyl sites for hydroxylation is 1. The average Bonchev–Trinajstić information content (AvgIpc) is 2.91. The normalized spacial score (nSPS) is 11.0. The van der Waals surface area contributed by atoms with Gasteiger partial charge in [-0.1, -0.05) is 47.7 Å². The van der Waals surface area contributed by atoms with Crippen LogP contribution in [-0.4, -0.2) is 21.5 Å². The van der Waals surface area contributed by atoms with Gasteiger partial charge in [0.15, 0.2) is 0 Å². The first kappa shape index (κ1) is 12.8. The van der Waals surface area contributed by atoms with E-state index in [1.807, 2.05) is 28.9 Å². The van der Waals surface area contributed by atoms with Crippen LogP contribution >= 0.6 is 0 Å². The molecule has 0 amide bonds. The zero-order valence-electron chi connectivity index (χ0n) is 11.4. The minimum atomic E-state index is 0.704. The van der Waals surface area contributed by atoms with Crippen molar-refractivity contribution in [1.29, 1.82) is 0 Å². The maximum atomic E-state index is 4.16. The molecule has 0 saturated carbocycles. The first-order valence-electron chi connectivity index (χ1n) is 6.96. The molecule has 1 N–H and O–H groups in total. The quantitative estimate of drug-likeness (QED) is 0.697. The smallest absolute Gasteiger partial charge is 0.113 e. The van der Waals surface area contributed by atoms with E-state index in [1.54, 1.807) is 0 Å². The van der Waals surface area contributed by atoms with Gasteiger partial charge in [0.1, 0.15) is 5.52 Å². The highest BCUT2D eigenvalue weighted by Crippen LogP contribution is 2.08. The number of rotatable bonds is 6. The Morgan fingerprint density at radius 3 is 2.65 bits per heavy atom. The van der Waals surface area contributed by atoms with E-state index < -0.39 is 0 Å². The summed E-state index contributed by atoms with van der Waals surface area (Å²) in [5, 5.41) is 11.7. The van der Waals surface area contributed by atoms with E-state index in [0.717, 1.165) is 30.4 Å². The van der Waals surface area contributed by atoms with Gasteiger partial charge in [0.2, 0.25) is 0 Å². The monoisotopic (exact) mass is 266 g/mol. The second-order valence-electron chi connectivity index (χ2n) is 4.82. The minimum Gasteiger partial charge on any atom is -0.298 e. The lowest BCUT2D eigenvalue weighted by molar-refractivity contribution is 0.504. The molecule has 0 aliphatic carbocycles. The largest absolute Gasteiger partial charge is 0.298 e. The van der Waals surface area contributed by atoms with E-state index in [1.165, 1.54) is 5.56 Å². The highest BCUT2D eigenvalue weighted by molar-refractivity contribution is 5.73. The fourth-order valence-electron chi connectivity index (χ4n) is 2.28. The second kappa shape index (κ2) is 6.30. The Balaban J connectivity index is 1.46. The molecule has 0 radical (unpaired) electrons. The van der Waals surface area contributed by atoms with Crippen molar-refractivity contribution in [1.82, 2.24) is 20.3 Å². The van der Waals surface area contributed by atoms with Gasteiger partial charge in [0, 0.05) is 0 Å². The SMILES string of the molecule is c1ccc(CCCNCn2nnc3ccccc32)cc1. The highest BCUT2D eigenvalue weighted by atomic mass is 15.4. The maximum Gasteiger partial charge on any atom is 0.113 e. The fraction of sp³-hybridized carbons (Fsp3) is 0.250. The molecule has 102 valence electrons. The number of hydrogen-bond donors (Lipinski definition) is 1. The number of para-hydroxylation sites is 1. The summed E-state index contributed by atoms with van der Waals surface area (Å²) in [6.45, 7) is 1.68. The van der Waals surface area contributed by atoms with Gasteiger partial charge >= 0.3 is 0 Å². The van der Waals surface area contributed by atoms with Crippen molar-refractivity contribution in [3.63, 3.8) is 0 Å². The summed E-state index contributed by atoms with van der Waals surface area (Å²) in [6, 6.07) is 18.6. The predicted octanol–water partition coefficient (Wildman–Crippen LogP) is 2.61. The van der Waals surface area contributed by atoms with Gasteiger partial charge in [-0.2, -0.15) is 0 Å². The Morgan fingerprint density at radius 2 is 1.75 bits per heavy atom. The van der Waals surface area contributed by atoms with Crippen LogP contribution < -0.4 is 5.32 Å². The average molecular weight is 266 g/mol. The predicted molar refractivity (Wildman–Crippen MR) is 80.3 cm³/mol. The number of nitrogens with one attached hydrogen (secondary N) is 1. The molecule has 0 unspecified atom stereocenters. The third kappa shape index (κ3) is 3.03. The number of fused-ring (bicyclic) bond motifs is 1. The molecule has 1 aromatic heterocycles. The molecular weight excluding hydrogens is 248 g/mol. The number of hydrogen-bond acceptors (Lipinski definition) is 3. The first-order valence-corrected chi connectivity index (χ1v) is 6.96. The standard InChI is InChI=1S/C16H18N4/c1-2-7-14(8-3-1)9-6-12-17-13-20-16-11-5-4-10-15(16)18-19-20/h1-5,7-8,10-11,17H,6,9,12-13H2. The summed E-state index contributed by atoms with van der Waals surface area (Å²) in [4.78, 5) is 0. The lowest BCUT2D eigenvalue weighted by Crippen LogP contribution is -2.20. The number of aromatic nitrogens is 3. The van der Waals surface area contributed by atoms with Crippen molar-refractivity contribution in [3.05, 3.63) is 60.2 Å². The van der Waals surface area contributed by atoms with Crippen LogP contribution in [0, 0.1) is 0 Å². The summed E-state index contributed by atoms with van der Waals surface area (Å²) in [5.41, 5.74) is 3.40. The summed E-state index contributed by atoms with van der Waals surface area (Å²) in [7, 11) is 0. The van der Waals surface area contributed by atoms with Crippen LogP contribution in [-0.2, 0) is 13.1 Å². The molecule has 20 heavy (non-hydrogen) atoms. The van der Waals surface area contributed by atoms with Gasteiger partial charge < -0.3 is 0 Å². The summed E-state index contributed by atoms with van der Waals surface area (Å²) < 4.78 is 1.90. The van der Waals surface area contributed by atoms with Crippen molar-refractivity contribution < 1.29 is 0 Å². The Labute approximate surface area is 118 Å². The van der Waals surface area contributed by atoms with Crippen molar-refractivity contribution in [3.8, 4) is 0 Å². The summed E-state index contributed by atoms with van der Waals surface area (Å²) in [6.07, 6.45) is 2.22. The molecule has 4 nitrogen and oxygen atoms in total. The van der Waals surface area contributed by atoms with E-state index in [2.05, 4.69) is 46.0 Å². The van der Waals surface area contributed by atoms with Crippen LogP contribution in [0.1, 0.15) is 12.0 Å². The van der Waals surface area contributed by atoms with E-state index in [0.29, 0.717) is 6.67 Å². The van der Waals surface area contributed by atoms with Crippen LogP contribution in [0.3, 0.4) is 0 Å². The van der Waals surface area contributed by atoms with Crippen LogP contribution in [0.15, 0.2) is 54.6 Å². The number of nitrogens with zero attached hydrogens (tertiary/aromatic N) is 3. The van der Waals surface area contributed by atoms with E-state index in [4.69, 9.17) is 0 Å². The van der Waals surface area contributed by atoms with E-state index in [-0.39, 0.29) is 0 Å². The molecule has 0 spiro atoms. The molecule has 1 heterocycles. The van der Waals surface area contributed by atoms with Crippen molar-refractivity contribution in [2.45, 2.75) is 19.5 Å². The molecule has 3 rings (SSSR count). The van der Waals surface area contributed by atoms with Gasteiger partial charge in [0.05, 0.1) is 12.2 Å². The third-order valence-corrected chi connectivity index (χ3v) is 3.34. The molecular formula is C16H18N4. The Morgan fingerprint density at radius 1 is 0.950 bits per heavy atom. The van der Waals surface area contributed by atoms with Gasteiger partial charge in [-0.05, 0) is 37.1 Å². The second-order valence-corrected chi connectivity index (χ2v) is 4.82. The molecule has 0 saturated heterocycles. The zero-order valence-corrected chi connectivity index (χ0v) is 11.4. The molecule has 0 aliphatic heterocycles. The van der Waals surface area contributed by atoms with Crippen LogP contribution in [0.4, 0.5) is 0 Å². The number of benzene rings is 2. The van der Waals surface area contributed by atoms with Gasteiger partial charge in [-0.3, -0.25) is 5.32 Å². The zero-order chi connectivity index (χ0) is 13.6. The molecule has 2 aromatic carbocycles. The maximum absolute atomic E-state index is 4.16. The molecule has 0 aliphatic rings. The fourth-order valence-corrected chi connectivity index (χ4v) is 2.28. The Hall–Kier alpha value is -2.20. The van der Waals surface area contributed by atoms with Crippen LogP contribution in [0.25, 0.3) is 11.0 Å². The summed E-state index contributed by atoms with van der Waals surface area (Å²) >= 11 is 0. The van der Waals surface area contributed by atoms with Gasteiger partial charge in [-0.15, -0.1) is 5.10 Å². The summed E-state index contributed by atoms with van der Waals surface area (Å²) in [5.74, 6) is 0. The Bertz CT molecular complexity index is 660. The third-order valence-electron chi connectivity index (χ3n) is 3.34. The van der Waals surface area contributed by atoms with Crippen molar-refractivity contribution in [2.24, 2.45) is 0 Å². The van der Waals surface area contributed by atoms with Crippen molar-refractivity contribution >= 4 is 11.0 Å². The topological polar surface area (TPSA) is 42.7 Å². The van der Waals surface area contributed by atoms with E-state index >= 15 is 0 Å². The molecule has 0 fully saturated rings. The molecule has 0 bridgehead atoms. The van der Waals surface area contributed by atoms with Crippen LogP contribution in [0.2, 0.25) is 0 Å². The van der Waals surface area contributed by atoms with Crippen molar-refractivity contribution in [2.75, 3.05) is 6.54 Å². The lowest BCUT2D eigenvalue weighted by Gasteiger charge is -2.05. The first-order chi connectivity index (χ1) is 9.93. The Kier molecular flexibility index (Phi) is 4.04. The van der Waals surface area contributed by atoms with Gasteiger partial charge in [0.25, 0.3) is 0 Å². The van der Waals surface area contributed by atoms with E-state index in [9.17, 15) is 0 Å². The molecule has 3 aromatic rings. The highest BCUT2D eigenvalue weighted by Gasteiger charge is 2.01. The minimum absolute atomic E-state index is 0.704. The molecule has 0 atom stereocenters. The van der Waals surface area contributed by atoms with Crippen LogP contribution in [0.5, 0.6) is 0 Å². The molecule has 4 heteroatoms.